The number of aliphatic hydroxyl groups is 1. The molecule has 0 radical (unpaired) electrons. The summed E-state index contributed by atoms with van der Waals surface area (Å²) in [6, 6.07) is 15.2. The number of rotatable bonds is 4. The van der Waals surface area contributed by atoms with Crippen LogP contribution in [0.4, 0.5) is 0 Å². The number of sulfone groups is 1. The number of aliphatic hydroxyl groups excluding tert-OH is 1. The molecule has 24 heavy (non-hydrogen) atoms. The van der Waals surface area contributed by atoms with Crippen molar-refractivity contribution >= 4 is 21.4 Å². The second kappa shape index (κ2) is 6.59. The van der Waals surface area contributed by atoms with Gasteiger partial charge in [0.1, 0.15) is 22.9 Å². The molecule has 2 unspecified atom stereocenters. The van der Waals surface area contributed by atoms with Gasteiger partial charge < -0.3 is 9.84 Å². The molecule has 1 aliphatic heterocycles. The van der Waals surface area contributed by atoms with Gasteiger partial charge in [-0.25, -0.2) is 8.42 Å². The molecule has 0 aliphatic carbocycles. The maximum Gasteiger partial charge on any atom is 0.208 e. The molecule has 3 rings (SSSR count). The van der Waals surface area contributed by atoms with Crippen molar-refractivity contribution in [1.29, 1.82) is 0 Å². The largest absolute Gasteiger partial charge is 0.490 e. The minimum atomic E-state index is -3.79. The van der Waals surface area contributed by atoms with E-state index in [-0.39, 0.29) is 15.6 Å². The zero-order chi connectivity index (χ0) is 17.3. The molecule has 1 aliphatic rings. The zero-order valence-electron chi connectivity index (χ0n) is 13.0. The molecule has 0 spiro atoms. The lowest BCUT2D eigenvalue weighted by molar-refractivity contribution is 0.0520. The SMILES string of the molecule is CC1=C(S(=O)(=O)c2ccccc2)C(O)C(Cc2ccc(Cl)cc2)O1. The van der Waals surface area contributed by atoms with Gasteiger partial charge in [0.05, 0.1) is 4.90 Å². The highest BCUT2D eigenvalue weighted by molar-refractivity contribution is 7.95. The molecule has 126 valence electrons. The van der Waals surface area contributed by atoms with E-state index in [0.29, 0.717) is 11.4 Å². The van der Waals surface area contributed by atoms with Crippen molar-refractivity contribution in [2.75, 3.05) is 0 Å². The van der Waals surface area contributed by atoms with E-state index < -0.39 is 22.0 Å². The second-order valence-electron chi connectivity index (χ2n) is 5.67. The van der Waals surface area contributed by atoms with Crippen LogP contribution in [0.1, 0.15) is 12.5 Å². The normalized spacial score (nSPS) is 21.0. The van der Waals surface area contributed by atoms with Crippen LogP contribution in [0, 0.1) is 0 Å². The van der Waals surface area contributed by atoms with Crippen LogP contribution in [0.2, 0.25) is 5.02 Å². The predicted octanol–water partition coefficient (Wildman–Crippen LogP) is 3.35. The topological polar surface area (TPSA) is 63.6 Å². The summed E-state index contributed by atoms with van der Waals surface area (Å²) in [6.07, 6.45) is -1.45. The number of allylic oxidation sites excluding steroid dienone is 1. The van der Waals surface area contributed by atoms with E-state index in [1.807, 2.05) is 12.1 Å². The Bertz CT molecular complexity index is 858. The summed E-state index contributed by atoms with van der Waals surface area (Å²) in [5, 5.41) is 11.2. The number of ether oxygens (including phenoxy) is 1. The highest BCUT2D eigenvalue weighted by atomic mass is 35.5. The Balaban J connectivity index is 1.86. The van der Waals surface area contributed by atoms with Crippen LogP contribution < -0.4 is 0 Å². The molecule has 0 bridgehead atoms. The monoisotopic (exact) mass is 364 g/mol. The number of hydrogen-bond donors (Lipinski definition) is 1. The van der Waals surface area contributed by atoms with Gasteiger partial charge in [0.25, 0.3) is 0 Å². The third-order valence-corrected chi connectivity index (χ3v) is 6.24. The van der Waals surface area contributed by atoms with Gasteiger partial charge >= 0.3 is 0 Å². The Labute approximate surface area is 146 Å². The summed E-state index contributed by atoms with van der Waals surface area (Å²) in [5.74, 6) is 0.241. The first-order valence-corrected chi connectivity index (χ1v) is 9.36. The first-order valence-electron chi connectivity index (χ1n) is 7.49. The summed E-state index contributed by atoms with van der Waals surface area (Å²) in [5.41, 5.74) is 0.912. The van der Waals surface area contributed by atoms with E-state index in [4.69, 9.17) is 16.3 Å². The van der Waals surface area contributed by atoms with E-state index >= 15 is 0 Å². The molecule has 2 aromatic rings. The van der Waals surface area contributed by atoms with Crippen LogP contribution in [0.25, 0.3) is 0 Å². The van der Waals surface area contributed by atoms with Crippen LogP contribution in [0.5, 0.6) is 0 Å². The summed E-state index contributed by atoms with van der Waals surface area (Å²) in [4.78, 5) is 0.0850. The fourth-order valence-electron chi connectivity index (χ4n) is 2.81. The fourth-order valence-corrected chi connectivity index (χ4v) is 4.60. The predicted molar refractivity (Wildman–Crippen MR) is 92.4 cm³/mol. The van der Waals surface area contributed by atoms with Gasteiger partial charge in [0, 0.05) is 11.4 Å². The maximum atomic E-state index is 12.8. The van der Waals surface area contributed by atoms with E-state index in [0.717, 1.165) is 5.56 Å². The van der Waals surface area contributed by atoms with E-state index in [1.54, 1.807) is 37.3 Å². The van der Waals surface area contributed by atoms with Gasteiger partial charge in [0.2, 0.25) is 9.84 Å². The van der Waals surface area contributed by atoms with E-state index in [9.17, 15) is 13.5 Å². The lowest BCUT2D eigenvalue weighted by Crippen LogP contribution is -2.29. The lowest BCUT2D eigenvalue weighted by Gasteiger charge is -2.16. The molecule has 0 fully saturated rings. The number of hydrogen-bond acceptors (Lipinski definition) is 4. The smallest absolute Gasteiger partial charge is 0.208 e. The van der Waals surface area contributed by atoms with Crippen LogP contribution in [-0.2, 0) is 21.0 Å². The Kier molecular flexibility index (Phi) is 4.67. The quantitative estimate of drug-likeness (QED) is 0.903. The Morgan fingerprint density at radius 3 is 2.33 bits per heavy atom. The molecule has 0 amide bonds. The van der Waals surface area contributed by atoms with Crippen LogP contribution >= 0.6 is 11.6 Å². The highest BCUT2D eigenvalue weighted by Crippen LogP contribution is 2.34. The molecule has 0 saturated carbocycles. The second-order valence-corrected chi connectivity index (χ2v) is 8.02. The minimum absolute atomic E-state index is 0.0623. The Morgan fingerprint density at radius 1 is 1.08 bits per heavy atom. The molecule has 2 atom stereocenters. The van der Waals surface area contributed by atoms with Crippen molar-refractivity contribution < 1.29 is 18.3 Å². The summed E-state index contributed by atoms with van der Waals surface area (Å²) in [7, 11) is -3.79. The van der Waals surface area contributed by atoms with Gasteiger partial charge in [-0.2, -0.15) is 0 Å². The maximum absolute atomic E-state index is 12.8. The molecule has 4 nitrogen and oxygen atoms in total. The third kappa shape index (κ3) is 3.20. The molecular formula is C18H17ClO4S. The Morgan fingerprint density at radius 2 is 1.71 bits per heavy atom. The molecule has 1 heterocycles. The summed E-state index contributed by atoms with van der Waals surface area (Å²) in [6.45, 7) is 1.57. The van der Waals surface area contributed by atoms with Gasteiger partial charge in [-0.15, -0.1) is 0 Å². The Hall–Kier alpha value is -1.82. The van der Waals surface area contributed by atoms with Crippen molar-refractivity contribution in [1.82, 2.24) is 0 Å². The van der Waals surface area contributed by atoms with Crippen LogP contribution in [0.15, 0.2) is 70.2 Å². The van der Waals surface area contributed by atoms with Crippen molar-refractivity contribution in [2.24, 2.45) is 0 Å². The summed E-state index contributed by atoms with van der Waals surface area (Å²) < 4.78 is 31.2. The van der Waals surface area contributed by atoms with Gasteiger partial charge in [-0.1, -0.05) is 41.9 Å². The highest BCUT2D eigenvalue weighted by Gasteiger charge is 2.41. The molecular weight excluding hydrogens is 348 g/mol. The molecule has 6 heteroatoms. The average molecular weight is 365 g/mol. The van der Waals surface area contributed by atoms with Gasteiger partial charge in [0.15, 0.2) is 0 Å². The fraction of sp³-hybridized carbons (Fsp3) is 0.222. The minimum Gasteiger partial charge on any atom is -0.490 e. The average Bonchev–Trinajstić information content (AvgIpc) is 2.85. The number of benzene rings is 2. The lowest BCUT2D eigenvalue weighted by atomic mass is 10.0. The third-order valence-electron chi connectivity index (χ3n) is 3.99. The zero-order valence-corrected chi connectivity index (χ0v) is 14.6. The standard InChI is InChI=1S/C18H17ClO4S/c1-12-18(24(21,22)15-5-3-2-4-6-15)17(20)16(23-12)11-13-7-9-14(19)10-8-13/h2-10,16-17,20H,11H2,1H3. The first-order chi connectivity index (χ1) is 11.4. The number of halogens is 1. The van der Waals surface area contributed by atoms with Crippen molar-refractivity contribution in [3.8, 4) is 0 Å². The van der Waals surface area contributed by atoms with Gasteiger partial charge in [-0.05, 0) is 36.8 Å². The van der Waals surface area contributed by atoms with Gasteiger partial charge in [-0.3, -0.25) is 0 Å². The van der Waals surface area contributed by atoms with Crippen molar-refractivity contribution in [2.45, 2.75) is 30.4 Å². The molecule has 0 aromatic heterocycles. The summed E-state index contributed by atoms with van der Waals surface area (Å²) >= 11 is 5.86. The van der Waals surface area contributed by atoms with E-state index in [2.05, 4.69) is 0 Å². The molecule has 1 N–H and O–H groups in total. The van der Waals surface area contributed by atoms with Crippen molar-refractivity contribution in [3.63, 3.8) is 0 Å². The molecule has 0 saturated heterocycles. The first kappa shape index (κ1) is 17.0. The van der Waals surface area contributed by atoms with Crippen LogP contribution in [-0.4, -0.2) is 25.7 Å². The van der Waals surface area contributed by atoms with Crippen molar-refractivity contribution in [3.05, 3.63) is 75.8 Å². The van der Waals surface area contributed by atoms with Crippen LogP contribution in [0.3, 0.4) is 0 Å². The molecule has 2 aromatic carbocycles. The van der Waals surface area contributed by atoms with E-state index in [1.165, 1.54) is 12.1 Å².